The first-order chi connectivity index (χ1) is 9.72. The van der Waals surface area contributed by atoms with Crippen LogP contribution in [-0.4, -0.2) is 29.1 Å². The van der Waals surface area contributed by atoms with E-state index in [9.17, 15) is 9.90 Å². The van der Waals surface area contributed by atoms with Crippen LogP contribution in [0.2, 0.25) is 0 Å². The molecule has 0 saturated heterocycles. The third kappa shape index (κ3) is 2.73. The predicted octanol–water partition coefficient (Wildman–Crippen LogP) is 2.31. The number of hydrogen-bond donors (Lipinski definition) is 2. The lowest BCUT2D eigenvalue weighted by Crippen LogP contribution is -2.31. The Morgan fingerprint density at radius 2 is 2.10 bits per heavy atom. The number of rotatable bonds is 5. The Morgan fingerprint density at radius 3 is 2.65 bits per heavy atom. The topological polar surface area (TPSA) is 62.2 Å². The van der Waals surface area contributed by atoms with Gasteiger partial charge in [-0.2, -0.15) is 0 Å². The number of nitrogens with one attached hydrogen (secondary N) is 1. The molecule has 1 amide bonds. The van der Waals surface area contributed by atoms with E-state index in [-0.39, 0.29) is 17.9 Å². The van der Waals surface area contributed by atoms with Crippen LogP contribution in [-0.2, 0) is 0 Å². The summed E-state index contributed by atoms with van der Waals surface area (Å²) in [6.45, 7) is 0.701. The monoisotopic (exact) mass is 288 g/mol. The molecule has 0 unspecified atom stereocenters. The molecule has 4 nitrogen and oxygen atoms in total. The lowest BCUT2D eigenvalue weighted by atomic mass is 10.1. The summed E-state index contributed by atoms with van der Waals surface area (Å²) in [5.74, 6) is -0.0884. The van der Waals surface area contributed by atoms with E-state index in [0.29, 0.717) is 12.1 Å². The van der Waals surface area contributed by atoms with E-state index < -0.39 is 0 Å². The number of nitrogens with zero attached hydrogens (tertiary/aromatic N) is 1. The molecule has 1 saturated carbocycles. The minimum Gasteiger partial charge on any atom is -0.396 e. The van der Waals surface area contributed by atoms with Crippen molar-refractivity contribution in [1.82, 2.24) is 10.3 Å². The number of amides is 1. The second kappa shape index (κ2) is 5.34. The summed E-state index contributed by atoms with van der Waals surface area (Å²) in [5, 5.41) is 14.1. The number of carbonyl (C=O) groups excluding carboxylic acids is 1. The summed E-state index contributed by atoms with van der Waals surface area (Å²) >= 11 is 1.55. The van der Waals surface area contributed by atoms with Gasteiger partial charge in [0.05, 0.1) is 17.8 Å². The summed E-state index contributed by atoms with van der Waals surface area (Å²) < 4.78 is 0. The van der Waals surface area contributed by atoms with Crippen LogP contribution in [0.3, 0.4) is 0 Å². The van der Waals surface area contributed by atoms with Crippen molar-refractivity contribution in [1.29, 1.82) is 0 Å². The second-order valence-electron chi connectivity index (χ2n) is 5.29. The third-order valence-electron chi connectivity index (χ3n) is 3.79. The summed E-state index contributed by atoms with van der Waals surface area (Å²) in [4.78, 5) is 16.3. The number of carbonyl (C=O) groups is 1. The first kappa shape index (κ1) is 13.3. The normalized spacial score (nSPS) is 15.8. The molecular weight excluding hydrogens is 272 g/mol. The number of benzene rings is 1. The van der Waals surface area contributed by atoms with E-state index in [1.807, 2.05) is 29.6 Å². The smallest absolute Gasteiger partial charge is 0.251 e. The minimum absolute atomic E-state index is 0.0593. The average Bonchev–Trinajstić information content (AvgIpc) is 3.07. The Bertz CT molecular complexity index is 589. The lowest BCUT2D eigenvalue weighted by molar-refractivity contribution is 0.0935. The Hall–Kier alpha value is -1.72. The van der Waals surface area contributed by atoms with Crippen molar-refractivity contribution < 1.29 is 9.90 Å². The van der Waals surface area contributed by atoms with E-state index >= 15 is 0 Å². The van der Waals surface area contributed by atoms with Gasteiger partial charge in [0.1, 0.15) is 0 Å². The molecule has 1 aromatic carbocycles. The Balaban J connectivity index is 1.64. The second-order valence-corrected chi connectivity index (χ2v) is 6.01. The van der Waals surface area contributed by atoms with Gasteiger partial charge in [0.2, 0.25) is 0 Å². The van der Waals surface area contributed by atoms with Crippen molar-refractivity contribution in [2.75, 3.05) is 13.2 Å². The Kier molecular flexibility index (Phi) is 3.54. The average molecular weight is 288 g/mol. The quantitative estimate of drug-likeness (QED) is 0.887. The fourth-order valence-corrected chi connectivity index (χ4v) is 2.65. The molecule has 0 bridgehead atoms. The van der Waals surface area contributed by atoms with E-state index in [1.165, 1.54) is 0 Å². The zero-order valence-electron chi connectivity index (χ0n) is 11.0. The van der Waals surface area contributed by atoms with Gasteiger partial charge in [-0.15, -0.1) is 11.3 Å². The van der Waals surface area contributed by atoms with E-state index in [4.69, 9.17) is 0 Å². The van der Waals surface area contributed by atoms with Crippen molar-refractivity contribution >= 4 is 17.2 Å². The number of aliphatic hydroxyl groups is 1. The molecule has 20 heavy (non-hydrogen) atoms. The van der Waals surface area contributed by atoms with Gasteiger partial charge in [0.15, 0.2) is 0 Å². The van der Waals surface area contributed by atoms with E-state index in [1.54, 1.807) is 16.8 Å². The fraction of sp³-hybridized carbons (Fsp3) is 0.333. The summed E-state index contributed by atoms with van der Waals surface area (Å²) in [6.07, 6.45) is 1.99. The van der Waals surface area contributed by atoms with E-state index in [2.05, 4.69) is 10.3 Å². The molecule has 0 aliphatic heterocycles. The molecule has 0 spiro atoms. The number of aromatic nitrogens is 1. The van der Waals surface area contributed by atoms with Crippen molar-refractivity contribution in [2.45, 2.75) is 12.8 Å². The summed E-state index contributed by atoms with van der Waals surface area (Å²) in [5.41, 5.74) is 4.31. The van der Waals surface area contributed by atoms with Gasteiger partial charge in [-0.05, 0) is 25.0 Å². The van der Waals surface area contributed by atoms with E-state index in [0.717, 1.165) is 24.1 Å². The highest BCUT2D eigenvalue weighted by Gasteiger charge is 2.42. The van der Waals surface area contributed by atoms with Gasteiger partial charge in [-0.3, -0.25) is 4.79 Å². The van der Waals surface area contributed by atoms with Gasteiger partial charge in [-0.25, -0.2) is 4.98 Å². The van der Waals surface area contributed by atoms with Crippen LogP contribution in [0.4, 0.5) is 0 Å². The molecule has 1 aliphatic rings. The van der Waals surface area contributed by atoms with Crippen molar-refractivity contribution in [3.8, 4) is 11.3 Å². The molecule has 3 rings (SSSR count). The highest BCUT2D eigenvalue weighted by Crippen LogP contribution is 2.44. The van der Waals surface area contributed by atoms with Crippen LogP contribution in [0.1, 0.15) is 23.2 Å². The largest absolute Gasteiger partial charge is 0.396 e. The number of thiazole rings is 1. The molecule has 0 atom stereocenters. The molecule has 2 aromatic rings. The van der Waals surface area contributed by atoms with Crippen LogP contribution >= 0.6 is 11.3 Å². The standard InChI is InChI=1S/C15H16N2O2S/c18-9-15(5-6-15)8-16-14(19)12-3-1-11(2-4-12)13-7-20-10-17-13/h1-4,7,10,18H,5-6,8-9H2,(H,16,19). The van der Waals surface area contributed by atoms with Crippen LogP contribution in [0, 0.1) is 5.41 Å². The highest BCUT2D eigenvalue weighted by molar-refractivity contribution is 7.07. The fourth-order valence-electron chi connectivity index (χ4n) is 2.08. The van der Waals surface area contributed by atoms with Crippen LogP contribution < -0.4 is 5.32 Å². The molecule has 1 fully saturated rings. The Morgan fingerprint density at radius 1 is 1.35 bits per heavy atom. The van der Waals surface area contributed by atoms with Crippen LogP contribution in [0.15, 0.2) is 35.2 Å². The van der Waals surface area contributed by atoms with Crippen LogP contribution in [0.25, 0.3) is 11.3 Å². The van der Waals surface area contributed by atoms with Gasteiger partial charge in [0, 0.05) is 28.5 Å². The van der Waals surface area contributed by atoms with Crippen molar-refractivity contribution in [3.05, 3.63) is 40.7 Å². The predicted molar refractivity (Wildman–Crippen MR) is 78.6 cm³/mol. The van der Waals surface area contributed by atoms with Crippen molar-refractivity contribution in [3.63, 3.8) is 0 Å². The maximum Gasteiger partial charge on any atom is 0.251 e. The SMILES string of the molecule is O=C(NCC1(CO)CC1)c1ccc(-c2cscn2)cc1. The molecule has 1 aliphatic carbocycles. The highest BCUT2D eigenvalue weighted by atomic mass is 32.1. The van der Waals surface area contributed by atoms with Gasteiger partial charge in [0.25, 0.3) is 5.91 Å². The Labute approximate surface area is 121 Å². The van der Waals surface area contributed by atoms with Gasteiger partial charge >= 0.3 is 0 Å². The molecular formula is C15H16N2O2S. The molecule has 5 heteroatoms. The zero-order valence-corrected chi connectivity index (χ0v) is 11.8. The summed E-state index contributed by atoms with van der Waals surface area (Å²) in [6, 6.07) is 7.43. The maximum absolute atomic E-state index is 12.0. The molecule has 2 N–H and O–H groups in total. The first-order valence-electron chi connectivity index (χ1n) is 6.60. The number of aliphatic hydroxyl groups excluding tert-OH is 1. The van der Waals surface area contributed by atoms with Gasteiger partial charge in [-0.1, -0.05) is 12.1 Å². The molecule has 104 valence electrons. The number of hydrogen-bond acceptors (Lipinski definition) is 4. The molecule has 0 radical (unpaired) electrons. The molecule has 1 aromatic heterocycles. The van der Waals surface area contributed by atoms with Gasteiger partial charge < -0.3 is 10.4 Å². The lowest BCUT2D eigenvalue weighted by Gasteiger charge is -2.12. The minimum atomic E-state index is -0.0884. The molecule has 1 heterocycles. The zero-order chi connectivity index (χ0) is 14.0. The van der Waals surface area contributed by atoms with Crippen LogP contribution in [0.5, 0.6) is 0 Å². The van der Waals surface area contributed by atoms with Crippen molar-refractivity contribution in [2.24, 2.45) is 5.41 Å². The summed E-state index contributed by atoms with van der Waals surface area (Å²) in [7, 11) is 0. The third-order valence-corrected chi connectivity index (χ3v) is 4.38. The maximum atomic E-state index is 12.0. The first-order valence-corrected chi connectivity index (χ1v) is 7.54.